The normalized spacial score (nSPS) is 14.3. The highest BCUT2D eigenvalue weighted by Gasteiger charge is 2.35. The van der Waals surface area contributed by atoms with Crippen molar-refractivity contribution in [3.8, 4) is 11.1 Å². The van der Waals surface area contributed by atoms with E-state index in [-0.39, 0.29) is 63.6 Å². The van der Waals surface area contributed by atoms with Crippen LogP contribution in [0.15, 0.2) is 53.5 Å². The molecule has 0 saturated heterocycles. The molecule has 1 aliphatic carbocycles. The minimum Gasteiger partial charge on any atom is -0.480 e. The van der Waals surface area contributed by atoms with Gasteiger partial charge in [0.1, 0.15) is 48.0 Å². The Labute approximate surface area is 407 Å². The average Bonchev–Trinajstić information content (AvgIpc) is 3.57. The van der Waals surface area contributed by atoms with Crippen molar-refractivity contribution < 1.29 is 57.7 Å². The van der Waals surface area contributed by atoms with E-state index in [2.05, 4.69) is 31.6 Å². The van der Waals surface area contributed by atoms with E-state index in [0.29, 0.717) is 5.75 Å². The van der Waals surface area contributed by atoms with Gasteiger partial charge in [0.05, 0.1) is 0 Å². The summed E-state index contributed by atoms with van der Waals surface area (Å²) in [7, 11) is 0. The van der Waals surface area contributed by atoms with E-state index in [1.165, 1.54) is 11.8 Å². The van der Waals surface area contributed by atoms with Crippen LogP contribution in [0.1, 0.15) is 111 Å². The second kappa shape index (κ2) is 26.4. The Kier molecular flexibility index (Phi) is 21.8. The molecule has 1 aliphatic rings. The SMILES string of the molecule is CSCC[C@H](NC(=O)OCC1c2ccccc2-c2ccccc21)C(=O)N[C@H](CCC(=O)OC(C)(C)C)C(=O)N[C@H](CCN=C(N)N)C(=O)N[C@@H](C(=O)N[C@@H](CCC(=O)OC(C)(C)C)C(=O)O)C(C)C. The van der Waals surface area contributed by atoms with Crippen molar-refractivity contribution in [3.63, 3.8) is 0 Å². The van der Waals surface area contributed by atoms with Crippen LogP contribution in [0.4, 0.5) is 4.79 Å². The number of hydrogen-bond acceptors (Lipinski definition) is 13. The van der Waals surface area contributed by atoms with Gasteiger partial charge in [-0.2, -0.15) is 11.8 Å². The zero-order chi connectivity index (χ0) is 51.6. The number of aliphatic imine (C=N–C) groups is 1. The van der Waals surface area contributed by atoms with Crippen molar-refractivity contribution in [1.82, 2.24) is 26.6 Å². The van der Waals surface area contributed by atoms with Crippen LogP contribution in [-0.2, 0) is 47.8 Å². The summed E-state index contributed by atoms with van der Waals surface area (Å²) in [6.07, 6.45) is -0.409. The minimum absolute atomic E-state index is 0.0193. The summed E-state index contributed by atoms with van der Waals surface area (Å²) in [6, 6.07) is 8.66. The number of nitrogens with one attached hydrogen (secondary N) is 5. The predicted molar refractivity (Wildman–Crippen MR) is 261 cm³/mol. The Morgan fingerprint density at radius 3 is 1.57 bits per heavy atom. The van der Waals surface area contributed by atoms with Gasteiger partial charge in [0, 0.05) is 25.3 Å². The van der Waals surface area contributed by atoms with Crippen LogP contribution in [0.25, 0.3) is 11.1 Å². The van der Waals surface area contributed by atoms with Gasteiger partial charge in [0.25, 0.3) is 0 Å². The topological polar surface area (TPSA) is 309 Å². The minimum atomic E-state index is -1.52. The van der Waals surface area contributed by atoms with Gasteiger partial charge in [0.15, 0.2) is 5.96 Å². The third-order valence-electron chi connectivity index (χ3n) is 10.5. The lowest BCUT2D eigenvalue weighted by Crippen LogP contribution is -2.60. The maximum atomic E-state index is 14.2. The fraction of sp³-hybridized carbons (Fsp3) is 0.562. The number of benzene rings is 2. The van der Waals surface area contributed by atoms with Gasteiger partial charge in [-0.3, -0.25) is 33.8 Å². The van der Waals surface area contributed by atoms with Crippen molar-refractivity contribution in [2.75, 3.05) is 25.2 Å². The van der Waals surface area contributed by atoms with Gasteiger partial charge >= 0.3 is 24.0 Å². The number of thioether (sulfide) groups is 1. The van der Waals surface area contributed by atoms with E-state index in [0.717, 1.165) is 22.3 Å². The monoisotopic (exact) mass is 982 g/mol. The molecule has 2 aromatic rings. The lowest BCUT2D eigenvalue weighted by atomic mass is 9.98. The van der Waals surface area contributed by atoms with Crippen LogP contribution >= 0.6 is 11.8 Å². The molecule has 380 valence electrons. The number of amides is 5. The van der Waals surface area contributed by atoms with Crippen molar-refractivity contribution >= 4 is 65.4 Å². The molecule has 0 saturated carbocycles. The summed E-state index contributed by atoms with van der Waals surface area (Å²) in [6.45, 7) is 13.0. The molecular formula is C48H70N8O12S. The standard InChI is InChI=1S/C48H70N8O12S/c1-27(2)39(43(62)54-36(44(63)64)19-21-38(58)68-48(6,7)8)56-42(61)34(22-24-51-45(49)50)53-40(59)33(18-20-37(57)67-47(3,4)5)52-41(60)35(23-25-69-9)55-46(65)66-26-32-30-16-12-10-14-28(30)29-15-11-13-17-31(29)32/h10-17,27,32-36,39H,18-26H2,1-9H3,(H,52,60)(H,53,59)(H,54,62)(H,55,65)(H,56,61)(H,63,64)(H4,49,50,51)/t33-,34-,35+,36+,39-/m1/s1. The van der Waals surface area contributed by atoms with E-state index in [9.17, 15) is 43.5 Å². The van der Waals surface area contributed by atoms with Crippen LogP contribution < -0.4 is 38.1 Å². The second-order valence-electron chi connectivity index (χ2n) is 18.9. The summed E-state index contributed by atoms with van der Waals surface area (Å²) >= 11 is 1.42. The highest BCUT2D eigenvalue weighted by atomic mass is 32.2. The Morgan fingerprint density at radius 2 is 1.10 bits per heavy atom. The molecule has 21 heteroatoms. The Bertz CT molecular complexity index is 2120. The second-order valence-corrected chi connectivity index (χ2v) is 19.9. The van der Waals surface area contributed by atoms with Crippen LogP contribution in [0.5, 0.6) is 0 Å². The van der Waals surface area contributed by atoms with E-state index in [1.807, 2.05) is 54.8 Å². The quantitative estimate of drug-likeness (QED) is 0.0307. The molecule has 0 aliphatic heterocycles. The van der Waals surface area contributed by atoms with Crippen molar-refractivity contribution in [3.05, 3.63) is 59.7 Å². The molecule has 20 nitrogen and oxygen atoms in total. The third kappa shape index (κ3) is 19.3. The van der Waals surface area contributed by atoms with Gasteiger partial charge in [-0.25, -0.2) is 9.59 Å². The molecule has 5 amide bonds. The van der Waals surface area contributed by atoms with Crippen LogP contribution in [0.2, 0.25) is 0 Å². The maximum Gasteiger partial charge on any atom is 0.407 e. The van der Waals surface area contributed by atoms with E-state index in [4.69, 9.17) is 25.7 Å². The molecular weight excluding hydrogens is 913 g/mol. The zero-order valence-corrected chi connectivity index (χ0v) is 41.8. The van der Waals surface area contributed by atoms with Gasteiger partial charge in [-0.15, -0.1) is 0 Å². The van der Waals surface area contributed by atoms with Crippen molar-refractivity contribution in [1.29, 1.82) is 0 Å². The summed E-state index contributed by atoms with van der Waals surface area (Å²) < 4.78 is 16.4. The molecule has 3 rings (SSSR count). The number of carboxylic acid groups (broad SMARTS) is 1. The maximum absolute atomic E-state index is 14.2. The summed E-state index contributed by atoms with van der Waals surface area (Å²) in [4.78, 5) is 111. The number of alkyl carbamates (subject to hydrolysis) is 1. The Hall–Kier alpha value is -6.38. The number of guanidine groups is 1. The van der Waals surface area contributed by atoms with Crippen molar-refractivity contribution in [2.24, 2.45) is 22.4 Å². The van der Waals surface area contributed by atoms with Gasteiger partial charge in [-0.1, -0.05) is 62.4 Å². The number of ether oxygens (including phenoxy) is 3. The number of carboxylic acids is 1. The third-order valence-corrected chi connectivity index (χ3v) is 11.2. The average molecular weight is 983 g/mol. The van der Waals surface area contributed by atoms with E-state index >= 15 is 0 Å². The van der Waals surface area contributed by atoms with Gasteiger partial charge in [-0.05, 0) is 107 Å². The highest BCUT2D eigenvalue weighted by molar-refractivity contribution is 7.98. The summed E-state index contributed by atoms with van der Waals surface area (Å²) in [5.41, 5.74) is 13.5. The Balaban J connectivity index is 1.84. The van der Waals surface area contributed by atoms with Gasteiger partial charge in [0.2, 0.25) is 23.6 Å². The molecule has 0 fully saturated rings. The molecule has 0 unspecified atom stereocenters. The molecule has 0 heterocycles. The number of hydrogen-bond donors (Lipinski definition) is 8. The number of esters is 2. The first-order valence-corrected chi connectivity index (χ1v) is 24.2. The fourth-order valence-electron chi connectivity index (χ4n) is 7.31. The fourth-order valence-corrected chi connectivity index (χ4v) is 7.78. The van der Waals surface area contributed by atoms with Crippen LogP contribution in [0, 0.1) is 5.92 Å². The van der Waals surface area contributed by atoms with Crippen molar-refractivity contribution in [2.45, 2.75) is 141 Å². The number of carbonyl (C=O) groups is 8. The highest BCUT2D eigenvalue weighted by Crippen LogP contribution is 2.44. The first kappa shape index (κ1) is 56.9. The molecule has 69 heavy (non-hydrogen) atoms. The summed E-state index contributed by atoms with van der Waals surface area (Å²) in [5, 5.41) is 22.7. The lowest BCUT2D eigenvalue weighted by Gasteiger charge is -2.28. The zero-order valence-electron chi connectivity index (χ0n) is 41.0. The molecule has 0 aromatic heterocycles. The first-order valence-electron chi connectivity index (χ1n) is 22.8. The Morgan fingerprint density at radius 1 is 0.652 bits per heavy atom. The molecule has 5 atom stereocenters. The number of aliphatic carboxylic acids is 1. The van der Waals surface area contributed by atoms with E-state index < -0.39 is 95.0 Å². The van der Waals surface area contributed by atoms with E-state index in [1.54, 1.807) is 55.4 Å². The number of fused-ring (bicyclic) bond motifs is 3. The number of nitrogens with two attached hydrogens (primary N) is 2. The first-order chi connectivity index (χ1) is 32.3. The summed E-state index contributed by atoms with van der Waals surface area (Å²) in [5.74, 6) is -7.00. The largest absolute Gasteiger partial charge is 0.480 e. The molecule has 2 aromatic carbocycles. The van der Waals surface area contributed by atoms with Crippen LogP contribution in [-0.4, -0.2) is 125 Å². The smallest absolute Gasteiger partial charge is 0.407 e. The molecule has 0 spiro atoms. The molecule has 10 N–H and O–H groups in total. The number of rotatable bonds is 25. The number of nitrogens with zero attached hydrogens (tertiary/aromatic N) is 1. The number of carbonyl (C=O) groups excluding carboxylic acids is 7. The predicted octanol–water partition coefficient (Wildman–Crippen LogP) is 3.23. The lowest BCUT2D eigenvalue weighted by molar-refractivity contribution is -0.156. The molecule has 0 bridgehead atoms. The van der Waals surface area contributed by atoms with Crippen LogP contribution in [0.3, 0.4) is 0 Å². The van der Waals surface area contributed by atoms with Gasteiger partial charge < -0.3 is 57.4 Å². The molecule has 0 radical (unpaired) electrons.